The summed E-state index contributed by atoms with van der Waals surface area (Å²) in [4.78, 5) is 14.7. The summed E-state index contributed by atoms with van der Waals surface area (Å²) in [5, 5.41) is 3.41. The first-order valence-corrected chi connectivity index (χ1v) is 8.17. The molecule has 1 aliphatic heterocycles. The van der Waals surface area contributed by atoms with Gasteiger partial charge in [-0.25, -0.2) is 0 Å². The number of hydrogen-bond donors (Lipinski definition) is 1. The van der Waals surface area contributed by atoms with Crippen LogP contribution in [0, 0.1) is 5.41 Å². The minimum absolute atomic E-state index is 0.0842. The van der Waals surface area contributed by atoms with Crippen LogP contribution >= 0.6 is 0 Å². The van der Waals surface area contributed by atoms with Gasteiger partial charge in [-0.05, 0) is 44.1 Å². The number of nitrogens with zero attached hydrogens (tertiary/aromatic N) is 1. The summed E-state index contributed by atoms with van der Waals surface area (Å²) in [7, 11) is 0. The van der Waals surface area contributed by atoms with E-state index in [0.717, 1.165) is 38.9 Å². The van der Waals surface area contributed by atoms with Crippen molar-refractivity contribution in [3.05, 3.63) is 0 Å². The van der Waals surface area contributed by atoms with E-state index < -0.39 is 0 Å². The van der Waals surface area contributed by atoms with Crippen molar-refractivity contribution in [3.8, 4) is 0 Å². The number of piperidine rings is 1. The van der Waals surface area contributed by atoms with Crippen molar-refractivity contribution in [1.82, 2.24) is 10.2 Å². The van der Waals surface area contributed by atoms with Gasteiger partial charge in [0.15, 0.2) is 0 Å². The Hall–Kier alpha value is -0.570. The van der Waals surface area contributed by atoms with Crippen molar-refractivity contribution in [3.63, 3.8) is 0 Å². The molecule has 0 spiro atoms. The number of hydrogen-bond acceptors (Lipinski definition) is 2. The molecule has 1 amide bonds. The molecule has 1 N–H and O–H groups in total. The van der Waals surface area contributed by atoms with Crippen LogP contribution in [0.2, 0.25) is 0 Å². The van der Waals surface area contributed by atoms with Crippen molar-refractivity contribution in [2.24, 2.45) is 5.41 Å². The van der Waals surface area contributed by atoms with Crippen LogP contribution < -0.4 is 5.32 Å². The molecule has 2 rings (SSSR count). The van der Waals surface area contributed by atoms with Gasteiger partial charge in [-0.2, -0.15) is 0 Å². The first-order valence-electron chi connectivity index (χ1n) is 8.17. The van der Waals surface area contributed by atoms with Gasteiger partial charge in [0.25, 0.3) is 0 Å². The fourth-order valence-corrected chi connectivity index (χ4v) is 3.63. The first kappa shape index (κ1) is 14.8. The number of amides is 1. The second kappa shape index (κ2) is 6.74. The standard InChI is InChI=1S/C16H30N2O/c1-3-11-17-14-8-7-12-18(15(14)19)13-16(2)9-5-4-6-10-16/h14,17H,3-13H2,1-2H3. The van der Waals surface area contributed by atoms with E-state index in [9.17, 15) is 4.79 Å². The molecule has 110 valence electrons. The third-order valence-corrected chi connectivity index (χ3v) is 4.80. The molecule has 0 aromatic carbocycles. The van der Waals surface area contributed by atoms with E-state index in [-0.39, 0.29) is 6.04 Å². The van der Waals surface area contributed by atoms with Crippen molar-refractivity contribution in [2.75, 3.05) is 19.6 Å². The van der Waals surface area contributed by atoms with Gasteiger partial charge in [0.2, 0.25) is 5.91 Å². The smallest absolute Gasteiger partial charge is 0.239 e. The van der Waals surface area contributed by atoms with E-state index in [0.29, 0.717) is 11.3 Å². The molecule has 0 radical (unpaired) electrons. The highest BCUT2D eigenvalue weighted by Crippen LogP contribution is 2.37. The Morgan fingerprint density at radius 2 is 2.00 bits per heavy atom. The molecule has 0 aromatic heterocycles. The molecular formula is C16H30N2O. The maximum Gasteiger partial charge on any atom is 0.239 e. The molecule has 1 heterocycles. The van der Waals surface area contributed by atoms with E-state index in [1.54, 1.807) is 0 Å². The Morgan fingerprint density at radius 3 is 2.68 bits per heavy atom. The number of rotatable bonds is 5. The van der Waals surface area contributed by atoms with E-state index >= 15 is 0 Å². The first-order chi connectivity index (χ1) is 9.14. The molecule has 0 aromatic rings. The molecular weight excluding hydrogens is 236 g/mol. The third-order valence-electron chi connectivity index (χ3n) is 4.80. The summed E-state index contributed by atoms with van der Waals surface area (Å²) >= 11 is 0. The summed E-state index contributed by atoms with van der Waals surface area (Å²) in [5.41, 5.74) is 0.376. The minimum atomic E-state index is 0.0842. The second-order valence-corrected chi connectivity index (χ2v) is 6.78. The van der Waals surface area contributed by atoms with Crippen LogP contribution in [0.15, 0.2) is 0 Å². The van der Waals surface area contributed by atoms with Gasteiger partial charge < -0.3 is 10.2 Å². The van der Waals surface area contributed by atoms with Crippen LogP contribution in [0.1, 0.15) is 65.2 Å². The van der Waals surface area contributed by atoms with Gasteiger partial charge in [-0.1, -0.05) is 33.1 Å². The lowest BCUT2D eigenvalue weighted by molar-refractivity contribution is -0.138. The second-order valence-electron chi connectivity index (χ2n) is 6.78. The van der Waals surface area contributed by atoms with Gasteiger partial charge in [0, 0.05) is 13.1 Å². The van der Waals surface area contributed by atoms with Crippen LogP contribution in [-0.4, -0.2) is 36.5 Å². The highest BCUT2D eigenvalue weighted by atomic mass is 16.2. The van der Waals surface area contributed by atoms with Crippen molar-refractivity contribution in [2.45, 2.75) is 71.3 Å². The summed E-state index contributed by atoms with van der Waals surface area (Å²) in [5.74, 6) is 0.353. The van der Waals surface area contributed by atoms with Crippen LogP contribution in [0.3, 0.4) is 0 Å². The lowest BCUT2D eigenvalue weighted by Crippen LogP contribution is -2.53. The molecule has 1 unspecified atom stereocenters. The maximum absolute atomic E-state index is 12.5. The molecule has 1 saturated carbocycles. The Morgan fingerprint density at radius 1 is 1.26 bits per heavy atom. The van der Waals surface area contributed by atoms with Gasteiger partial charge >= 0.3 is 0 Å². The normalized spacial score (nSPS) is 27.6. The Bertz CT molecular complexity index is 297. The number of likely N-dealkylation sites (tertiary alicyclic amines) is 1. The van der Waals surface area contributed by atoms with E-state index in [2.05, 4.69) is 24.1 Å². The Labute approximate surface area is 118 Å². The zero-order valence-electron chi connectivity index (χ0n) is 12.7. The summed E-state index contributed by atoms with van der Waals surface area (Å²) in [6.45, 7) is 7.44. The zero-order chi connectivity index (χ0) is 13.7. The zero-order valence-corrected chi connectivity index (χ0v) is 12.7. The molecule has 0 bridgehead atoms. The molecule has 2 fully saturated rings. The number of nitrogens with one attached hydrogen (secondary N) is 1. The van der Waals surface area contributed by atoms with Gasteiger partial charge in [-0.3, -0.25) is 4.79 Å². The third kappa shape index (κ3) is 3.95. The molecule has 3 nitrogen and oxygen atoms in total. The van der Waals surface area contributed by atoms with Crippen LogP contribution in [0.25, 0.3) is 0 Å². The molecule has 19 heavy (non-hydrogen) atoms. The SMILES string of the molecule is CCCNC1CCCN(CC2(C)CCCCC2)C1=O. The predicted molar refractivity (Wildman–Crippen MR) is 79.1 cm³/mol. The predicted octanol–water partition coefficient (Wildman–Crippen LogP) is 2.95. The van der Waals surface area contributed by atoms with Gasteiger partial charge in [0.05, 0.1) is 6.04 Å². The quantitative estimate of drug-likeness (QED) is 0.830. The van der Waals surface area contributed by atoms with E-state index in [1.165, 1.54) is 32.1 Å². The lowest BCUT2D eigenvalue weighted by Gasteiger charge is -2.41. The summed E-state index contributed by atoms with van der Waals surface area (Å²) in [6.07, 6.45) is 9.93. The molecule has 1 saturated heterocycles. The van der Waals surface area contributed by atoms with E-state index in [4.69, 9.17) is 0 Å². The highest BCUT2D eigenvalue weighted by molar-refractivity contribution is 5.82. The van der Waals surface area contributed by atoms with Crippen LogP contribution in [0.5, 0.6) is 0 Å². The summed E-state index contributed by atoms with van der Waals surface area (Å²) < 4.78 is 0. The highest BCUT2D eigenvalue weighted by Gasteiger charge is 2.34. The van der Waals surface area contributed by atoms with Crippen LogP contribution in [0.4, 0.5) is 0 Å². The van der Waals surface area contributed by atoms with Crippen molar-refractivity contribution < 1.29 is 4.79 Å². The molecule has 2 aliphatic rings. The molecule has 1 aliphatic carbocycles. The monoisotopic (exact) mass is 266 g/mol. The van der Waals surface area contributed by atoms with Gasteiger partial charge in [0.1, 0.15) is 0 Å². The molecule has 1 atom stereocenters. The van der Waals surface area contributed by atoms with Crippen molar-refractivity contribution >= 4 is 5.91 Å². The Balaban J connectivity index is 1.90. The topological polar surface area (TPSA) is 32.3 Å². The fraction of sp³-hybridized carbons (Fsp3) is 0.938. The van der Waals surface area contributed by atoms with E-state index in [1.807, 2.05) is 0 Å². The number of carbonyl (C=O) groups is 1. The van der Waals surface area contributed by atoms with Crippen molar-refractivity contribution in [1.29, 1.82) is 0 Å². The molecule has 3 heteroatoms. The average molecular weight is 266 g/mol. The fourth-order valence-electron chi connectivity index (χ4n) is 3.63. The number of carbonyl (C=O) groups excluding carboxylic acids is 1. The largest absolute Gasteiger partial charge is 0.341 e. The maximum atomic E-state index is 12.5. The lowest BCUT2D eigenvalue weighted by atomic mass is 9.75. The van der Waals surface area contributed by atoms with Crippen LogP contribution in [-0.2, 0) is 4.79 Å². The average Bonchev–Trinajstić information content (AvgIpc) is 2.40. The summed E-state index contributed by atoms with van der Waals surface area (Å²) in [6, 6.07) is 0.0842. The Kier molecular flexibility index (Phi) is 5.26. The minimum Gasteiger partial charge on any atom is -0.341 e. The van der Waals surface area contributed by atoms with Gasteiger partial charge in [-0.15, -0.1) is 0 Å².